The molecule has 104 valence electrons. The van der Waals surface area contributed by atoms with Crippen molar-refractivity contribution in [1.82, 2.24) is 4.90 Å². The third-order valence-corrected chi connectivity index (χ3v) is 4.10. The average molecular weight is 279 g/mol. The first-order chi connectivity index (χ1) is 9.11. The number of hydrogen-bond donors (Lipinski definition) is 0. The highest BCUT2D eigenvalue weighted by molar-refractivity contribution is 7.98. The van der Waals surface area contributed by atoms with Gasteiger partial charge in [-0.25, -0.2) is 0 Å². The van der Waals surface area contributed by atoms with E-state index in [2.05, 4.69) is 30.5 Å². The van der Waals surface area contributed by atoms with Crippen LogP contribution >= 0.6 is 11.8 Å². The summed E-state index contributed by atoms with van der Waals surface area (Å²) < 4.78 is 5.80. The number of amides is 1. The Bertz CT molecular complexity index is 430. The molecule has 0 aromatic heterocycles. The molecule has 0 aliphatic carbocycles. The fraction of sp³-hybridized carbons (Fsp3) is 0.533. The van der Waals surface area contributed by atoms with Crippen molar-refractivity contribution in [3.05, 3.63) is 29.8 Å². The van der Waals surface area contributed by atoms with Gasteiger partial charge < -0.3 is 9.64 Å². The van der Waals surface area contributed by atoms with Gasteiger partial charge in [-0.1, -0.05) is 26.0 Å². The quantitative estimate of drug-likeness (QED) is 0.797. The Morgan fingerprint density at radius 2 is 2.05 bits per heavy atom. The molecule has 0 saturated carbocycles. The molecular formula is C15H21NO2S. The van der Waals surface area contributed by atoms with Crippen molar-refractivity contribution in [2.24, 2.45) is 5.92 Å². The van der Waals surface area contributed by atoms with Crippen LogP contribution in [0.25, 0.3) is 0 Å². The molecule has 3 nitrogen and oxygen atoms in total. The van der Waals surface area contributed by atoms with E-state index in [-0.39, 0.29) is 17.9 Å². The van der Waals surface area contributed by atoms with E-state index in [0.29, 0.717) is 19.7 Å². The first-order valence-corrected chi connectivity index (χ1v) is 7.88. The Morgan fingerprint density at radius 1 is 1.37 bits per heavy atom. The molecule has 0 N–H and O–H groups in total. The molecule has 4 heteroatoms. The molecule has 1 heterocycles. The van der Waals surface area contributed by atoms with Gasteiger partial charge in [0.1, 0.15) is 6.10 Å². The van der Waals surface area contributed by atoms with Crippen molar-refractivity contribution < 1.29 is 9.53 Å². The summed E-state index contributed by atoms with van der Waals surface area (Å²) in [7, 11) is 0. The van der Waals surface area contributed by atoms with Crippen LogP contribution in [0.2, 0.25) is 0 Å². The van der Waals surface area contributed by atoms with E-state index in [9.17, 15) is 4.79 Å². The van der Waals surface area contributed by atoms with Crippen molar-refractivity contribution in [3.8, 4) is 0 Å². The molecule has 0 bridgehead atoms. The maximum absolute atomic E-state index is 12.0. The first kappa shape index (κ1) is 14.4. The SMILES string of the molecule is CSc1ccc(C2CN(C(=O)C(C)C)CCO2)cc1. The number of hydrogen-bond acceptors (Lipinski definition) is 3. The molecule has 0 spiro atoms. The van der Waals surface area contributed by atoms with Crippen molar-refractivity contribution in [2.45, 2.75) is 24.8 Å². The van der Waals surface area contributed by atoms with Gasteiger partial charge >= 0.3 is 0 Å². The topological polar surface area (TPSA) is 29.5 Å². The normalized spacial score (nSPS) is 19.8. The third kappa shape index (κ3) is 3.51. The smallest absolute Gasteiger partial charge is 0.225 e. The summed E-state index contributed by atoms with van der Waals surface area (Å²) in [6.07, 6.45) is 2.07. The van der Waals surface area contributed by atoms with Gasteiger partial charge in [-0.2, -0.15) is 0 Å². The summed E-state index contributed by atoms with van der Waals surface area (Å²) in [5.74, 6) is 0.270. The minimum absolute atomic E-state index is 0.00681. The molecule has 1 aliphatic rings. The molecule has 1 atom stereocenters. The van der Waals surface area contributed by atoms with Crippen LogP contribution in [0.4, 0.5) is 0 Å². The lowest BCUT2D eigenvalue weighted by atomic mass is 10.1. The van der Waals surface area contributed by atoms with Crippen molar-refractivity contribution in [3.63, 3.8) is 0 Å². The number of carbonyl (C=O) groups is 1. The van der Waals surface area contributed by atoms with E-state index in [0.717, 1.165) is 5.56 Å². The number of carbonyl (C=O) groups excluding carboxylic acids is 1. The van der Waals surface area contributed by atoms with Crippen LogP contribution in [-0.4, -0.2) is 36.8 Å². The second kappa shape index (κ2) is 6.44. The number of ether oxygens (including phenoxy) is 1. The fourth-order valence-corrected chi connectivity index (χ4v) is 2.64. The number of thioether (sulfide) groups is 1. The van der Waals surface area contributed by atoms with E-state index in [1.165, 1.54) is 4.90 Å². The lowest BCUT2D eigenvalue weighted by molar-refractivity contribution is -0.142. The predicted octanol–water partition coefficient (Wildman–Crippen LogP) is 2.96. The lowest BCUT2D eigenvalue weighted by Crippen LogP contribution is -2.44. The molecule has 1 aliphatic heterocycles. The predicted molar refractivity (Wildman–Crippen MR) is 78.3 cm³/mol. The van der Waals surface area contributed by atoms with E-state index >= 15 is 0 Å². The van der Waals surface area contributed by atoms with Crippen molar-refractivity contribution in [2.75, 3.05) is 26.0 Å². The van der Waals surface area contributed by atoms with Gasteiger partial charge in [0, 0.05) is 17.4 Å². The van der Waals surface area contributed by atoms with E-state index < -0.39 is 0 Å². The van der Waals surface area contributed by atoms with Gasteiger partial charge in [0.15, 0.2) is 0 Å². The standard InChI is InChI=1S/C15H21NO2S/c1-11(2)15(17)16-8-9-18-14(10-16)12-4-6-13(19-3)7-5-12/h4-7,11,14H,8-10H2,1-3H3. The number of benzene rings is 1. The minimum atomic E-state index is 0.00681. The highest BCUT2D eigenvalue weighted by Gasteiger charge is 2.26. The summed E-state index contributed by atoms with van der Waals surface area (Å²) >= 11 is 1.73. The summed E-state index contributed by atoms with van der Waals surface area (Å²) in [6, 6.07) is 8.40. The lowest BCUT2D eigenvalue weighted by Gasteiger charge is -2.34. The van der Waals surface area contributed by atoms with Crippen molar-refractivity contribution in [1.29, 1.82) is 0 Å². The molecule has 1 amide bonds. The second-order valence-electron chi connectivity index (χ2n) is 5.07. The summed E-state index contributed by atoms with van der Waals surface area (Å²) in [5, 5.41) is 0. The van der Waals surface area contributed by atoms with Gasteiger partial charge in [0.25, 0.3) is 0 Å². The largest absolute Gasteiger partial charge is 0.370 e. The van der Waals surface area contributed by atoms with Gasteiger partial charge in [0.05, 0.1) is 13.2 Å². The fourth-order valence-electron chi connectivity index (χ4n) is 2.23. The van der Waals surface area contributed by atoms with Crippen LogP contribution in [0.1, 0.15) is 25.5 Å². The van der Waals surface area contributed by atoms with E-state index in [4.69, 9.17) is 4.74 Å². The minimum Gasteiger partial charge on any atom is -0.370 e. The zero-order valence-corrected chi connectivity index (χ0v) is 12.6. The summed E-state index contributed by atoms with van der Waals surface area (Å²) in [6.45, 7) is 5.87. The molecular weight excluding hydrogens is 258 g/mol. The Labute approximate surface area is 119 Å². The summed E-state index contributed by atoms with van der Waals surface area (Å²) in [5.41, 5.74) is 1.15. The number of morpholine rings is 1. The number of nitrogens with zero attached hydrogens (tertiary/aromatic N) is 1. The maximum atomic E-state index is 12.0. The van der Waals surface area contributed by atoms with Gasteiger partial charge in [0.2, 0.25) is 5.91 Å². The zero-order chi connectivity index (χ0) is 13.8. The average Bonchev–Trinajstić information content (AvgIpc) is 2.46. The van der Waals surface area contributed by atoms with Gasteiger partial charge in [-0.3, -0.25) is 4.79 Å². The summed E-state index contributed by atoms with van der Waals surface area (Å²) in [4.78, 5) is 15.2. The Balaban J connectivity index is 2.05. The Morgan fingerprint density at radius 3 is 2.63 bits per heavy atom. The molecule has 0 radical (unpaired) electrons. The van der Waals surface area contributed by atoms with Crippen LogP contribution in [-0.2, 0) is 9.53 Å². The molecule has 2 rings (SSSR count). The van der Waals surface area contributed by atoms with Crippen LogP contribution in [0, 0.1) is 5.92 Å². The molecule has 1 fully saturated rings. The first-order valence-electron chi connectivity index (χ1n) is 6.66. The van der Waals surface area contributed by atoms with Crippen LogP contribution in [0.15, 0.2) is 29.2 Å². The highest BCUT2D eigenvalue weighted by Crippen LogP contribution is 2.25. The molecule has 1 saturated heterocycles. The second-order valence-corrected chi connectivity index (χ2v) is 5.95. The monoisotopic (exact) mass is 279 g/mol. The van der Waals surface area contributed by atoms with Crippen molar-refractivity contribution >= 4 is 17.7 Å². The molecule has 1 aromatic rings. The Kier molecular flexibility index (Phi) is 4.88. The maximum Gasteiger partial charge on any atom is 0.225 e. The molecule has 1 aromatic carbocycles. The number of rotatable bonds is 3. The highest BCUT2D eigenvalue weighted by atomic mass is 32.2. The third-order valence-electron chi connectivity index (χ3n) is 3.36. The zero-order valence-electron chi connectivity index (χ0n) is 11.8. The Hall–Kier alpha value is -1.00. The van der Waals surface area contributed by atoms with Crippen LogP contribution in [0.5, 0.6) is 0 Å². The van der Waals surface area contributed by atoms with Crippen LogP contribution in [0.3, 0.4) is 0 Å². The van der Waals surface area contributed by atoms with Crippen LogP contribution < -0.4 is 0 Å². The van der Waals surface area contributed by atoms with Gasteiger partial charge in [-0.15, -0.1) is 11.8 Å². The van der Waals surface area contributed by atoms with Gasteiger partial charge in [-0.05, 0) is 24.0 Å². The molecule has 1 unspecified atom stereocenters. The molecule has 19 heavy (non-hydrogen) atoms. The van der Waals surface area contributed by atoms with E-state index in [1.807, 2.05) is 18.7 Å². The van der Waals surface area contributed by atoms with E-state index in [1.54, 1.807) is 11.8 Å².